The molecule has 0 aromatic heterocycles. The third-order valence-corrected chi connectivity index (χ3v) is 4.47. The third-order valence-electron chi connectivity index (χ3n) is 4.47. The number of rotatable bonds is 7. The van der Waals surface area contributed by atoms with Gasteiger partial charge in [0.25, 0.3) is 5.91 Å². The monoisotopic (exact) mass is 341 g/mol. The summed E-state index contributed by atoms with van der Waals surface area (Å²) in [4.78, 5) is 12.8. The second kappa shape index (κ2) is 7.47. The molecule has 0 unspecified atom stereocenters. The molecule has 1 fully saturated rings. The van der Waals surface area contributed by atoms with Crippen molar-refractivity contribution in [1.29, 1.82) is 0 Å². The van der Waals surface area contributed by atoms with Crippen molar-refractivity contribution in [2.45, 2.75) is 18.9 Å². The average molecular weight is 341 g/mol. The average Bonchev–Trinajstić information content (AvgIpc) is 3.50. The van der Waals surface area contributed by atoms with Crippen LogP contribution in [0.3, 0.4) is 0 Å². The quantitative estimate of drug-likeness (QED) is 0.836. The lowest BCUT2D eigenvalue weighted by molar-refractivity contribution is 0.0931. The lowest BCUT2D eigenvalue weighted by Crippen LogP contribution is -2.30. The van der Waals surface area contributed by atoms with Crippen LogP contribution in [-0.4, -0.2) is 27.2 Å². The summed E-state index contributed by atoms with van der Waals surface area (Å²) in [7, 11) is 4.62. The summed E-state index contributed by atoms with van der Waals surface area (Å²) in [6.07, 6.45) is 2.27. The van der Waals surface area contributed by atoms with Crippen LogP contribution in [0.5, 0.6) is 17.2 Å². The summed E-state index contributed by atoms with van der Waals surface area (Å²) in [5.41, 5.74) is 1.61. The first-order valence-electron chi connectivity index (χ1n) is 8.33. The molecule has 132 valence electrons. The molecule has 0 bridgehead atoms. The normalized spacial score (nSPS) is 14.5. The van der Waals surface area contributed by atoms with Gasteiger partial charge in [0.05, 0.1) is 27.4 Å². The fraction of sp³-hybridized carbons (Fsp3) is 0.350. The predicted octanol–water partition coefficient (Wildman–Crippen LogP) is 3.59. The van der Waals surface area contributed by atoms with Crippen LogP contribution < -0.4 is 19.5 Å². The van der Waals surface area contributed by atoms with Gasteiger partial charge in [-0.25, -0.2) is 0 Å². The fourth-order valence-corrected chi connectivity index (χ4v) is 3.00. The van der Waals surface area contributed by atoms with E-state index >= 15 is 0 Å². The first-order valence-corrected chi connectivity index (χ1v) is 8.33. The van der Waals surface area contributed by atoms with Crippen molar-refractivity contribution < 1.29 is 19.0 Å². The minimum Gasteiger partial charge on any atom is -0.493 e. The zero-order valence-electron chi connectivity index (χ0n) is 14.7. The zero-order chi connectivity index (χ0) is 17.8. The second-order valence-corrected chi connectivity index (χ2v) is 6.11. The molecule has 3 rings (SSSR count). The van der Waals surface area contributed by atoms with Gasteiger partial charge in [-0.15, -0.1) is 0 Å². The Morgan fingerprint density at radius 2 is 1.60 bits per heavy atom. The van der Waals surface area contributed by atoms with E-state index in [2.05, 4.69) is 17.4 Å². The highest BCUT2D eigenvalue weighted by molar-refractivity contribution is 5.96. The van der Waals surface area contributed by atoms with E-state index in [9.17, 15) is 4.79 Å². The molecule has 0 saturated heterocycles. The smallest absolute Gasteiger partial charge is 0.252 e. The van der Waals surface area contributed by atoms with E-state index < -0.39 is 0 Å². The van der Waals surface area contributed by atoms with E-state index in [1.807, 2.05) is 18.2 Å². The Labute approximate surface area is 147 Å². The van der Waals surface area contributed by atoms with Gasteiger partial charge < -0.3 is 19.5 Å². The van der Waals surface area contributed by atoms with E-state index in [4.69, 9.17) is 14.2 Å². The van der Waals surface area contributed by atoms with E-state index in [1.165, 1.54) is 14.2 Å². The second-order valence-electron chi connectivity index (χ2n) is 6.11. The maximum atomic E-state index is 12.8. The third kappa shape index (κ3) is 3.71. The zero-order valence-corrected chi connectivity index (χ0v) is 14.7. The van der Waals surface area contributed by atoms with Gasteiger partial charge in [0, 0.05) is 5.56 Å². The minimum absolute atomic E-state index is 0.0211. The number of amides is 1. The number of carbonyl (C=O) groups excluding carboxylic acids is 1. The van der Waals surface area contributed by atoms with Gasteiger partial charge in [0.2, 0.25) is 5.75 Å². The predicted molar refractivity (Wildman–Crippen MR) is 95.5 cm³/mol. The summed E-state index contributed by atoms with van der Waals surface area (Å²) in [5, 5.41) is 3.16. The Bertz CT molecular complexity index is 716. The van der Waals surface area contributed by atoms with Gasteiger partial charge in [0.15, 0.2) is 11.5 Å². The molecule has 2 aromatic carbocycles. The highest BCUT2D eigenvalue weighted by atomic mass is 16.5. The van der Waals surface area contributed by atoms with Crippen LogP contribution in [0.2, 0.25) is 0 Å². The molecule has 1 atom stereocenters. The van der Waals surface area contributed by atoms with E-state index in [0.29, 0.717) is 28.7 Å². The van der Waals surface area contributed by atoms with Crippen LogP contribution in [-0.2, 0) is 0 Å². The highest BCUT2D eigenvalue weighted by Gasteiger charge is 2.33. The number of methoxy groups -OCH3 is 3. The van der Waals surface area contributed by atoms with Crippen molar-refractivity contribution in [2.24, 2.45) is 5.92 Å². The molecule has 5 heteroatoms. The number of hydrogen-bond acceptors (Lipinski definition) is 4. The maximum Gasteiger partial charge on any atom is 0.252 e. The summed E-state index contributed by atoms with van der Waals surface area (Å²) in [6, 6.07) is 13.4. The Morgan fingerprint density at radius 3 is 2.08 bits per heavy atom. The SMILES string of the molecule is COc1cc(C(=O)N[C@H](c2ccccc2)C2CC2)cc(OC)c1OC. The Balaban J connectivity index is 1.87. The lowest BCUT2D eigenvalue weighted by Gasteiger charge is -2.20. The molecule has 0 heterocycles. The van der Waals surface area contributed by atoms with Gasteiger partial charge in [-0.1, -0.05) is 30.3 Å². The molecule has 1 aliphatic rings. The van der Waals surface area contributed by atoms with Crippen molar-refractivity contribution in [1.82, 2.24) is 5.32 Å². The van der Waals surface area contributed by atoms with Crippen molar-refractivity contribution in [3.8, 4) is 17.2 Å². The van der Waals surface area contributed by atoms with Crippen LogP contribution in [0, 0.1) is 5.92 Å². The first-order chi connectivity index (χ1) is 12.2. The van der Waals surface area contributed by atoms with E-state index in [-0.39, 0.29) is 11.9 Å². The van der Waals surface area contributed by atoms with Crippen LogP contribution in [0.4, 0.5) is 0 Å². The summed E-state index contributed by atoms with van der Waals surface area (Å²) in [5.74, 6) is 1.75. The molecule has 0 radical (unpaired) electrons. The van der Waals surface area contributed by atoms with Gasteiger partial charge in [-0.3, -0.25) is 4.79 Å². The van der Waals surface area contributed by atoms with Crippen molar-refractivity contribution in [2.75, 3.05) is 21.3 Å². The van der Waals surface area contributed by atoms with Gasteiger partial charge >= 0.3 is 0 Å². The first kappa shape index (κ1) is 17.1. The van der Waals surface area contributed by atoms with Crippen molar-refractivity contribution in [3.63, 3.8) is 0 Å². The molecule has 25 heavy (non-hydrogen) atoms. The van der Waals surface area contributed by atoms with Crippen LogP contribution in [0.1, 0.15) is 34.8 Å². The number of carbonyl (C=O) groups is 1. The Kier molecular flexibility index (Phi) is 5.12. The number of ether oxygens (including phenoxy) is 3. The molecule has 0 spiro atoms. The van der Waals surface area contributed by atoms with Gasteiger partial charge in [-0.2, -0.15) is 0 Å². The minimum atomic E-state index is -0.153. The van der Waals surface area contributed by atoms with Gasteiger partial charge in [-0.05, 0) is 36.5 Å². The van der Waals surface area contributed by atoms with Gasteiger partial charge in [0.1, 0.15) is 0 Å². The highest BCUT2D eigenvalue weighted by Crippen LogP contribution is 2.42. The number of nitrogens with one attached hydrogen (secondary N) is 1. The molecule has 1 saturated carbocycles. The molecule has 1 aliphatic carbocycles. The standard InChI is InChI=1S/C20H23NO4/c1-23-16-11-15(12-17(24-2)19(16)25-3)20(22)21-18(14-9-10-14)13-7-5-4-6-8-13/h4-8,11-12,14,18H,9-10H2,1-3H3,(H,21,22)/t18-/m1/s1. The molecule has 5 nitrogen and oxygen atoms in total. The van der Waals surface area contributed by atoms with Crippen molar-refractivity contribution >= 4 is 5.91 Å². The molecule has 0 aliphatic heterocycles. The van der Waals surface area contributed by atoms with E-state index in [1.54, 1.807) is 19.2 Å². The topological polar surface area (TPSA) is 56.8 Å². The Morgan fingerprint density at radius 1 is 1.00 bits per heavy atom. The number of benzene rings is 2. The Hall–Kier alpha value is -2.69. The molecular weight excluding hydrogens is 318 g/mol. The van der Waals surface area contributed by atoms with Crippen LogP contribution >= 0.6 is 0 Å². The summed E-state index contributed by atoms with van der Waals surface area (Å²) >= 11 is 0. The van der Waals surface area contributed by atoms with E-state index in [0.717, 1.165) is 18.4 Å². The summed E-state index contributed by atoms with van der Waals surface area (Å²) < 4.78 is 16.0. The molecule has 1 amide bonds. The fourth-order valence-electron chi connectivity index (χ4n) is 3.00. The lowest BCUT2D eigenvalue weighted by atomic mass is 10.0. The summed E-state index contributed by atoms with van der Waals surface area (Å²) in [6.45, 7) is 0. The maximum absolute atomic E-state index is 12.8. The largest absolute Gasteiger partial charge is 0.493 e. The molecule has 1 N–H and O–H groups in total. The number of hydrogen-bond donors (Lipinski definition) is 1. The molecule has 2 aromatic rings. The van der Waals surface area contributed by atoms with Crippen molar-refractivity contribution in [3.05, 3.63) is 53.6 Å². The van der Waals surface area contributed by atoms with Crippen LogP contribution in [0.15, 0.2) is 42.5 Å². The molecular formula is C20H23NO4. The van der Waals surface area contributed by atoms with Crippen LogP contribution in [0.25, 0.3) is 0 Å².